The van der Waals surface area contributed by atoms with Crippen molar-refractivity contribution in [2.45, 2.75) is 84.0 Å². The molecule has 4 saturated heterocycles. The van der Waals surface area contributed by atoms with E-state index in [-0.39, 0.29) is 24.8 Å². The van der Waals surface area contributed by atoms with Gasteiger partial charge in [-0.25, -0.2) is 4.79 Å². The van der Waals surface area contributed by atoms with Crippen LogP contribution >= 0.6 is 0 Å². The molecule has 10 nitrogen and oxygen atoms in total. The summed E-state index contributed by atoms with van der Waals surface area (Å²) in [6.45, 7) is 9.20. The fourth-order valence-electron chi connectivity index (χ4n) is 8.54. The first-order chi connectivity index (χ1) is 22.3. The van der Waals surface area contributed by atoms with Crippen LogP contribution in [0.5, 0.6) is 5.75 Å². The van der Waals surface area contributed by atoms with Crippen LogP contribution in [-0.2, 0) is 14.4 Å². The summed E-state index contributed by atoms with van der Waals surface area (Å²) in [5, 5.41) is 2.36. The summed E-state index contributed by atoms with van der Waals surface area (Å²) >= 11 is 0. The first-order valence-electron chi connectivity index (χ1n) is 18.0. The number of ether oxygens (including phenoxy) is 1. The van der Waals surface area contributed by atoms with E-state index in [0.29, 0.717) is 41.6 Å². The molecule has 5 amide bonds. The highest BCUT2D eigenvalue weighted by atomic mass is 16.5. The number of rotatable bonds is 8. The molecule has 0 spiro atoms. The Balaban J connectivity index is 0.879. The quantitative estimate of drug-likeness (QED) is 0.449. The molecule has 5 fully saturated rings. The molecule has 6 rings (SSSR count). The lowest BCUT2D eigenvalue weighted by Gasteiger charge is -2.42. The highest BCUT2D eigenvalue weighted by Gasteiger charge is 2.33. The Morgan fingerprint density at radius 2 is 1.46 bits per heavy atom. The van der Waals surface area contributed by atoms with E-state index in [0.717, 1.165) is 76.2 Å². The lowest BCUT2D eigenvalue weighted by molar-refractivity contribution is -0.138. The van der Waals surface area contributed by atoms with Crippen LogP contribution < -0.4 is 15.0 Å². The van der Waals surface area contributed by atoms with Crippen LogP contribution in [0.1, 0.15) is 82.6 Å². The van der Waals surface area contributed by atoms with Gasteiger partial charge >= 0.3 is 6.03 Å². The largest absolute Gasteiger partial charge is 0.484 e. The van der Waals surface area contributed by atoms with E-state index in [1.165, 1.54) is 51.7 Å². The number of nitrogens with one attached hydrogen (secondary N) is 1. The van der Waals surface area contributed by atoms with E-state index in [1.54, 1.807) is 11.0 Å². The number of nitrogens with zero attached hydrogens (tertiary/aromatic N) is 4. The third-order valence-electron chi connectivity index (χ3n) is 11.5. The van der Waals surface area contributed by atoms with E-state index in [2.05, 4.69) is 15.1 Å². The SMILES string of the molecule is Cc1ccc(OCC(=O)N2CCC(C3CCN(CC4CCN(C(=O)C5CCCCC5)CC4)CC3)CC2)cc1N1CCC(=O)NC1=O. The van der Waals surface area contributed by atoms with Gasteiger partial charge in [-0.1, -0.05) is 25.3 Å². The number of urea groups is 1. The third kappa shape index (κ3) is 8.04. The van der Waals surface area contributed by atoms with E-state index in [9.17, 15) is 19.2 Å². The summed E-state index contributed by atoms with van der Waals surface area (Å²) in [5.74, 6) is 3.15. The van der Waals surface area contributed by atoms with Crippen LogP contribution in [-0.4, -0.2) is 97.4 Å². The number of amides is 5. The Morgan fingerprint density at radius 1 is 0.804 bits per heavy atom. The molecule has 0 aromatic heterocycles. The lowest BCUT2D eigenvalue weighted by atomic mass is 9.78. The molecule has 0 bridgehead atoms. The fourth-order valence-corrected chi connectivity index (χ4v) is 8.54. The number of hydrogen-bond donors (Lipinski definition) is 1. The summed E-state index contributed by atoms with van der Waals surface area (Å²) in [6, 6.07) is 5.04. The molecular weight excluding hydrogens is 582 g/mol. The van der Waals surface area contributed by atoms with Gasteiger partial charge in [0.1, 0.15) is 5.75 Å². The smallest absolute Gasteiger partial charge is 0.328 e. The van der Waals surface area contributed by atoms with Crippen LogP contribution in [0.2, 0.25) is 0 Å². The molecule has 10 heteroatoms. The van der Waals surface area contributed by atoms with Gasteiger partial charge in [0, 0.05) is 57.7 Å². The second-order valence-corrected chi connectivity index (χ2v) is 14.5. The van der Waals surface area contributed by atoms with Crippen LogP contribution in [0.4, 0.5) is 10.5 Å². The van der Waals surface area contributed by atoms with Crippen molar-refractivity contribution in [2.75, 3.05) is 63.9 Å². The molecule has 46 heavy (non-hydrogen) atoms. The van der Waals surface area contributed by atoms with Crippen LogP contribution in [0.3, 0.4) is 0 Å². The van der Waals surface area contributed by atoms with Crippen molar-refractivity contribution in [1.82, 2.24) is 20.0 Å². The average Bonchev–Trinajstić information content (AvgIpc) is 3.09. The minimum atomic E-state index is -0.430. The molecule has 5 aliphatic rings. The number of benzene rings is 1. The maximum atomic E-state index is 13.0. The van der Waals surface area contributed by atoms with E-state index < -0.39 is 6.03 Å². The molecule has 1 saturated carbocycles. The predicted octanol–water partition coefficient (Wildman–Crippen LogP) is 4.59. The predicted molar refractivity (Wildman–Crippen MR) is 177 cm³/mol. The van der Waals surface area contributed by atoms with Gasteiger partial charge in [0.25, 0.3) is 5.91 Å². The van der Waals surface area contributed by atoms with Gasteiger partial charge in [0.2, 0.25) is 11.8 Å². The van der Waals surface area contributed by atoms with E-state index in [1.807, 2.05) is 24.0 Å². The van der Waals surface area contributed by atoms with Gasteiger partial charge in [-0.15, -0.1) is 0 Å². The standard InChI is InChI=1S/C36H53N5O5/c1-26-7-8-31(23-32(26)41-22-15-33(42)37-36(41)45)46-25-34(43)39-20-13-29(14-21-39)28-11-16-38(17-12-28)24-27-9-18-40(19-10-27)35(44)30-5-3-2-4-6-30/h7-8,23,27-30H,2-6,9-22,24-25H2,1H3,(H,37,42,45). The maximum absolute atomic E-state index is 13.0. The number of hydrogen-bond acceptors (Lipinski definition) is 6. The fraction of sp³-hybridized carbons (Fsp3) is 0.722. The monoisotopic (exact) mass is 635 g/mol. The second-order valence-electron chi connectivity index (χ2n) is 14.5. The van der Waals surface area contributed by atoms with Crippen molar-refractivity contribution >= 4 is 29.4 Å². The van der Waals surface area contributed by atoms with Gasteiger partial charge < -0.3 is 19.4 Å². The van der Waals surface area contributed by atoms with Gasteiger partial charge in [0.15, 0.2) is 6.61 Å². The number of carbonyl (C=O) groups is 4. The number of likely N-dealkylation sites (tertiary alicyclic amines) is 3. The Kier molecular flexibility index (Phi) is 10.8. The third-order valence-corrected chi connectivity index (χ3v) is 11.5. The van der Waals surface area contributed by atoms with E-state index in [4.69, 9.17) is 4.74 Å². The van der Waals surface area contributed by atoms with Crippen LogP contribution in [0.15, 0.2) is 18.2 Å². The van der Waals surface area contributed by atoms with Crippen LogP contribution in [0, 0.1) is 30.6 Å². The molecule has 252 valence electrons. The highest BCUT2D eigenvalue weighted by Crippen LogP contribution is 2.34. The molecule has 1 aliphatic carbocycles. The Morgan fingerprint density at radius 3 is 2.13 bits per heavy atom. The zero-order chi connectivity index (χ0) is 32.0. The number of imide groups is 1. The number of anilines is 1. The molecule has 0 atom stereocenters. The van der Waals surface area contributed by atoms with Gasteiger partial charge in [0.05, 0.1) is 5.69 Å². The summed E-state index contributed by atoms with van der Waals surface area (Å²) in [6.07, 6.45) is 13.1. The molecule has 1 aromatic rings. The molecule has 0 unspecified atom stereocenters. The van der Waals surface area contributed by atoms with Crippen molar-refractivity contribution in [2.24, 2.45) is 23.7 Å². The zero-order valence-corrected chi connectivity index (χ0v) is 27.7. The Bertz CT molecular complexity index is 1240. The van der Waals surface area contributed by atoms with E-state index >= 15 is 0 Å². The van der Waals surface area contributed by atoms with Crippen molar-refractivity contribution in [3.8, 4) is 5.75 Å². The number of piperidine rings is 3. The summed E-state index contributed by atoms with van der Waals surface area (Å²) in [5.41, 5.74) is 1.59. The first kappa shape index (κ1) is 32.8. The zero-order valence-electron chi connectivity index (χ0n) is 27.7. The summed E-state index contributed by atoms with van der Waals surface area (Å²) in [7, 11) is 0. The maximum Gasteiger partial charge on any atom is 0.328 e. The van der Waals surface area contributed by atoms with Crippen molar-refractivity contribution < 1.29 is 23.9 Å². The van der Waals surface area contributed by atoms with Crippen molar-refractivity contribution in [1.29, 1.82) is 0 Å². The average molecular weight is 636 g/mol. The topological polar surface area (TPSA) is 102 Å². The molecule has 4 heterocycles. The minimum Gasteiger partial charge on any atom is -0.484 e. The number of aryl methyl sites for hydroxylation is 1. The van der Waals surface area contributed by atoms with Crippen molar-refractivity contribution in [3.05, 3.63) is 23.8 Å². The Labute approximate surface area is 274 Å². The molecular formula is C36H53N5O5. The van der Waals surface area contributed by atoms with Gasteiger partial charge in [-0.2, -0.15) is 0 Å². The summed E-state index contributed by atoms with van der Waals surface area (Å²) in [4.78, 5) is 58.2. The number of carbonyl (C=O) groups excluding carboxylic acids is 4. The minimum absolute atomic E-state index is 0.00296. The van der Waals surface area contributed by atoms with Gasteiger partial charge in [-0.3, -0.25) is 24.6 Å². The van der Waals surface area contributed by atoms with Crippen LogP contribution in [0.25, 0.3) is 0 Å². The molecule has 4 aliphatic heterocycles. The highest BCUT2D eigenvalue weighted by molar-refractivity contribution is 6.06. The normalized spacial score (nSPS) is 23.5. The molecule has 0 radical (unpaired) electrons. The van der Waals surface area contributed by atoms with Crippen molar-refractivity contribution in [3.63, 3.8) is 0 Å². The molecule has 1 aromatic carbocycles. The lowest BCUT2D eigenvalue weighted by Crippen LogP contribution is -2.49. The molecule has 1 N–H and O–H groups in total. The second kappa shape index (κ2) is 15.2. The van der Waals surface area contributed by atoms with Gasteiger partial charge in [-0.05, 0) is 101 Å². The first-order valence-corrected chi connectivity index (χ1v) is 18.0. The Hall–Kier alpha value is -3.14. The summed E-state index contributed by atoms with van der Waals surface area (Å²) < 4.78 is 5.88.